The third-order valence-corrected chi connectivity index (χ3v) is 5.65. The maximum Gasteiger partial charge on any atom is 0.251 e. The summed E-state index contributed by atoms with van der Waals surface area (Å²) in [5, 5.41) is 12.0. The highest BCUT2D eigenvalue weighted by Crippen LogP contribution is 2.38. The van der Waals surface area contributed by atoms with E-state index in [1.54, 1.807) is 17.0 Å². The number of hydrogen-bond acceptors (Lipinski definition) is 5. The lowest BCUT2D eigenvalue weighted by molar-refractivity contribution is 0.0938. The van der Waals surface area contributed by atoms with Crippen LogP contribution in [0.15, 0.2) is 40.0 Å². The zero-order valence-corrected chi connectivity index (χ0v) is 17.2. The minimum atomic E-state index is -0.163. The van der Waals surface area contributed by atoms with Crippen molar-refractivity contribution in [3.05, 3.63) is 35.5 Å². The van der Waals surface area contributed by atoms with Gasteiger partial charge in [-0.3, -0.25) is 4.79 Å². The molecule has 0 spiro atoms. The molecule has 1 saturated heterocycles. The quantitative estimate of drug-likeness (QED) is 0.471. The molecule has 2 aliphatic heterocycles. The lowest BCUT2D eigenvalue weighted by Crippen LogP contribution is -2.38. The number of rotatable bonds is 4. The van der Waals surface area contributed by atoms with Crippen molar-refractivity contribution in [1.29, 1.82) is 5.26 Å². The van der Waals surface area contributed by atoms with Gasteiger partial charge in [0.1, 0.15) is 12.4 Å². The van der Waals surface area contributed by atoms with Gasteiger partial charge in [0.2, 0.25) is 5.96 Å². The molecule has 8 heteroatoms. The third-order valence-electron chi connectivity index (χ3n) is 5.65. The van der Waals surface area contributed by atoms with Crippen molar-refractivity contribution < 1.29 is 9.53 Å². The summed E-state index contributed by atoms with van der Waals surface area (Å²) in [6.07, 6.45) is 7.26. The molecule has 8 nitrogen and oxygen atoms in total. The SMILES string of the molecule is C=N/C(=N\C(=C/C)C1CC1)N1CCOc2cc(C(=O)N[C@@H]3CCN(C#N)C3)ccc21. The summed E-state index contributed by atoms with van der Waals surface area (Å²) >= 11 is 0. The Hall–Kier alpha value is -3.34. The average Bonchev–Trinajstić information content (AvgIpc) is 3.52. The van der Waals surface area contributed by atoms with Gasteiger partial charge in [-0.25, -0.2) is 9.98 Å². The number of nitriles is 1. The number of carbonyl (C=O) groups excluding carboxylic acids is 1. The number of anilines is 1. The first-order valence-electron chi connectivity index (χ1n) is 10.3. The lowest BCUT2D eigenvalue weighted by Gasteiger charge is -2.30. The lowest BCUT2D eigenvalue weighted by atomic mass is 10.1. The molecule has 30 heavy (non-hydrogen) atoms. The third kappa shape index (κ3) is 4.15. The van der Waals surface area contributed by atoms with E-state index >= 15 is 0 Å². The smallest absolute Gasteiger partial charge is 0.251 e. The van der Waals surface area contributed by atoms with E-state index in [0.29, 0.717) is 49.4 Å². The number of guanidine groups is 1. The molecule has 0 unspecified atom stereocenters. The van der Waals surface area contributed by atoms with Crippen LogP contribution >= 0.6 is 0 Å². The Morgan fingerprint density at radius 2 is 2.20 bits per heavy atom. The molecular formula is C22H26N6O2. The van der Waals surface area contributed by atoms with E-state index in [2.05, 4.69) is 23.2 Å². The van der Waals surface area contributed by atoms with Crippen LogP contribution < -0.4 is 15.0 Å². The number of nitrogens with one attached hydrogen (secondary N) is 1. The summed E-state index contributed by atoms with van der Waals surface area (Å²) in [5.74, 6) is 1.54. The summed E-state index contributed by atoms with van der Waals surface area (Å²) < 4.78 is 5.83. The van der Waals surface area contributed by atoms with Gasteiger partial charge in [0, 0.05) is 36.3 Å². The molecule has 2 heterocycles. The molecule has 1 saturated carbocycles. The average molecular weight is 406 g/mol. The van der Waals surface area contributed by atoms with Crippen molar-refractivity contribution in [3.63, 3.8) is 0 Å². The molecule has 3 aliphatic rings. The van der Waals surface area contributed by atoms with Crippen LogP contribution in [0.25, 0.3) is 0 Å². The van der Waals surface area contributed by atoms with E-state index in [4.69, 9.17) is 15.0 Å². The van der Waals surface area contributed by atoms with Gasteiger partial charge in [0.25, 0.3) is 5.91 Å². The van der Waals surface area contributed by atoms with Crippen molar-refractivity contribution in [3.8, 4) is 11.9 Å². The molecule has 1 N–H and O–H groups in total. The van der Waals surface area contributed by atoms with Gasteiger partial charge >= 0.3 is 0 Å². The largest absolute Gasteiger partial charge is 0.490 e. The fourth-order valence-corrected chi connectivity index (χ4v) is 3.87. The van der Waals surface area contributed by atoms with Crippen molar-refractivity contribution >= 4 is 24.3 Å². The number of carbonyl (C=O) groups is 1. The summed E-state index contributed by atoms with van der Waals surface area (Å²) in [6.45, 7) is 8.02. The Morgan fingerprint density at radius 3 is 2.87 bits per heavy atom. The second-order valence-electron chi connectivity index (χ2n) is 7.75. The number of nitrogens with zero attached hydrogens (tertiary/aromatic N) is 5. The number of amides is 1. The summed E-state index contributed by atoms with van der Waals surface area (Å²) in [5.41, 5.74) is 2.40. The standard InChI is InChI=1S/C22H26N6O2/c1-3-18(15-4-5-15)26-22(24-2)28-10-11-30-20-12-16(6-7-19(20)28)21(29)25-17-8-9-27(13-17)14-23/h3,6-7,12,15,17H,2,4-5,8-11,13H2,1H3,(H,25,29)/b18-3-,26-22+/t17-/m1/s1. The van der Waals surface area contributed by atoms with Crippen LogP contribution in [-0.4, -0.2) is 55.8 Å². The zero-order valence-electron chi connectivity index (χ0n) is 17.2. The second kappa shape index (κ2) is 8.57. The van der Waals surface area contributed by atoms with Crippen molar-refractivity contribution in [2.45, 2.75) is 32.2 Å². The van der Waals surface area contributed by atoms with Gasteiger partial charge < -0.3 is 19.9 Å². The molecule has 156 valence electrons. The Labute approximate surface area is 176 Å². The molecule has 1 atom stereocenters. The molecule has 1 amide bonds. The monoisotopic (exact) mass is 406 g/mol. The maximum absolute atomic E-state index is 12.7. The number of allylic oxidation sites excluding steroid dienone is 2. The Kier molecular flexibility index (Phi) is 5.70. The summed E-state index contributed by atoms with van der Waals surface area (Å²) in [7, 11) is 0. The topological polar surface area (TPSA) is 93.3 Å². The van der Waals surface area contributed by atoms with Crippen LogP contribution in [0.3, 0.4) is 0 Å². The van der Waals surface area contributed by atoms with Gasteiger partial charge in [-0.1, -0.05) is 6.08 Å². The summed E-state index contributed by atoms with van der Waals surface area (Å²) in [4.78, 5) is 25.2. The minimum Gasteiger partial charge on any atom is -0.490 e. The number of aliphatic imine (C=N–C) groups is 2. The molecule has 1 aliphatic carbocycles. The van der Waals surface area contributed by atoms with E-state index in [-0.39, 0.29) is 11.9 Å². The Bertz CT molecular complexity index is 943. The molecule has 1 aromatic carbocycles. The van der Waals surface area contributed by atoms with Crippen molar-refractivity contribution in [2.75, 3.05) is 31.1 Å². The van der Waals surface area contributed by atoms with Gasteiger partial charge in [-0.2, -0.15) is 5.26 Å². The second-order valence-corrected chi connectivity index (χ2v) is 7.75. The molecule has 0 aromatic heterocycles. The highest BCUT2D eigenvalue weighted by Gasteiger charge is 2.29. The number of fused-ring (bicyclic) bond motifs is 1. The van der Waals surface area contributed by atoms with E-state index in [1.165, 1.54) is 12.8 Å². The van der Waals surface area contributed by atoms with Gasteiger partial charge in [-0.15, -0.1) is 0 Å². The number of ether oxygens (including phenoxy) is 1. The predicted octanol–water partition coefficient (Wildman–Crippen LogP) is 2.54. The van der Waals surface area contributed by atoms with Crippen LogP contribution in [0.5, 0.6) is 5.75 Å². The van der Waals surface area contributed by atoms with Gasteiger partial charge in [0.05, 0.1) is 12.2 Å². The normalized spacial score (nSPS) is 21.5. The van der Waals surface area contributed by atoms with Crippen LogP contribution in [0, 0.1) is 17.4 Å². The molecule has 0 radical (unpaired) electrons. The Balaban J connectivity index is 1.52. The first-order valence-corrected chi connectivity index (χ1v) is 10.3. The fourth-order valence-electron chi connectivity index (χ4n) is 3.87. The first-order chi connectivity index (χ1) is 14.6. The van der Waals surface area contributed by atoms with Crippen molar-refractivity contribution in [1.82, 2.24) is 10.2 Å². The number of benzene rings is 1. The molecule has 0 bridgehead atoms. The highest BCUT2D eigenvalue weighted by molar-refractivity contribution is 6.02. The van der Waals surface area contributed by atoms with Gasteiger partial charge in [-0.05, 0) is 51.1 Å². The first kappa shape index (κ1) is 20.0. The van der Waals surface area contributed by atoms with E-state index in [0.717, 1.165) is 17.8 Å². The number of likely N-dealkylation sites (tertiary alicyclic amines) is 1. The van der Waals surface area contributed by atoms with Crippen molar-refractivity contribution in [2.24, 2.45) is 15.9 Å². The van der Waals surface area contributed by atoms with Crippen LogP contribution in [-0.2, 0) is 0 Å². The number of hydrogen-bond donors (Lipinski definition) is 1. The zero-order chi connectivity index (χ0) is 21.1. The van der Waals surface area contributed by atoms with Crippen LogP contribution in [0.1, 0.15) is 36.5 Å². The molecule has 1 aromatic rings. The molecule has 4 rings (SSSR count). The molecule has 2 fully saturated rings. The summed E-state index contributed by atoms with van der Waals surface area (Å²) in [6, 6.07) is 5.39. The molecular weight excluding hydrogens is 380 g/mol. The maximum atomic E-state index is 12.7. The predicted molar refractivity (Wildman–Crippen MR) is 116 cm³/mol. The minimum absolute atomic E-state index is 0.0176. The van der Waals surface area contributed by atoms with E-state index in [1.807, 2.05) is 24.0 Å². The van der Waals surface area contributed by atoms with Crippen LogP contribution in [0.2, 0.25) is 0 Å². The highest BCUT2D eigenvalue weighted by atomic mass is 16.5. The van der Waals surface area contributed by atoms with E-state index < -0.39 is 0 Å². The van der Waals surface area contributed by atoms with Crippen LogP contribution in [0.4, 0.5) is 5.69 Å². The Morgan fingerprint density at radius 1 is 1.37 bits per heavy atom. The fraction of sp³-hybridized carbons (Fsp3) is 0.455. The van der Waals surface area contributed by atoms with E-state index in [9.17, 15) is 4.79 Å². The van der Waals surface area contributed by atoms with Gasteiger partial charge in [0.15, 0.2) is 6.19 Å².